The zero-order valence-electron chi connectivity index (χ0n) is 10.4. The van der Waals surface area contributed by atoms with Crippen molar-refractivity contribution in [1.82, 2.24) is 4.98 Å². The second-order valence-electron chi connectivity index (χ2n) is 4.99. The van der Waals surface area contributed by atoms with Gasteiger partial charge in [0.25, 0.3) is 0 Å². The quantitative estimate of drug-likeness (QED) is 0.880. The summed E-state index contributed by atoms with van der Waals surface area (Å²) in [5.41, 5.74) is 6.98. The van der Waals surface area contributed by atoms with E-state index in [0.29, 0.717) is 0 Å². The standard InChI is InChI=1S/C15H18N2O/c16-11-4-1-5-12(10-11)18-15-8-2-7-14-13(15)6-3-9-17-14/h2-3,6-9,11-12H,1,4-5,10,16H2. The molecule has 0 amide bonds. The van der Waals surface area contributed by atoms with E-state index >= 15 is 0 Å². The Bertz CT molecular complexity index is 536. The van der Waals surface area contributed by atoms with Crippen LogP contribution in [-0.2, 0) is 0 Å². The monoisotopic (exact) mass is 242 g/mol. The van der Waals surface area contributed by atoms with Gasteiger partial charge in [0.05, 0.1) is 5.52 Å². The zero-order valence-corrected chi connectivity index (χ0v) is 10.4. The van der Waals surface area contributed by atoms with Gasteiger partial charge < -0.3 is 10.5 Å². The summed E-state index contributed by atoms with van der Waals surface area (Å²) in [7, 11) is 0. The van der Waals surface area contributed by atoms with Crippen molar-refractivity contribution in [2.75, 3.05) is 0 Å². The summed E-state index contributed by atoms with van der Waals surface area (Å²) >= 11 is 0. The Labute approximate surface area is 107 Å². The molecule has 0 radical (unpaired) electrons. The van der Waals surface area contributed by atoms with Gasteiger partial charge in [0, 0.05) is 17.6 Å². The van der Waals surface area contributed by atoms with E-state index in [-0.39, 0.29) is 12.1 Å². The minimum absolute atomic E-state index is 0.250. The fraction of sp³-hybridized carbons (Fsp3) is 0.400. The number of aromatic nitrogens is 1. The molecule has 2 aromatic rings. The zero-order chi connectivity index (χ0) is 12.4. The smallest absolute Gasteiger partial charge is 0.129 e. The first-order valence-corrected chi connectivity index (χ1v) is 6.59. The highest BCUT2D eigenvalue weighted by atomic mass is 16.5. The van der Waals surface area contributed by atoms with Gasteiger partial charge in [-0.15, -0.1) is 0 Å². The minimum Gasteiger partial charge on any atom is -0.490 e. The van der Waals surface area contributed by atoms with Crippen LogP contribution in [0.4, 0.5) is 0 Å². The molecule has 0 bridgehead atoms. The minimum atomic E-state index is 0.250. The van der Waals surface area contributed by atoms with Crippen LogP contribution < -0.4 is 10.5 Å². The number of rotatable bonds is 2. The molecule has 0 spiro atoms. The topological polar surface area (TPSA) is 48.1 Å². The summed E-state index contributed by atoms with van der Waals surface area (Å²) < 4.78 is 6.12. The summed E-state index contributed by atoms with van der Waals surface area (Å²) in [6.07, 6.45) is 6.40. The number of nitrogens with zero attached hydrogens (tertiary/aromatic N) is 1. The lowest BCUT2D eigenvalue weighted by Gasteiger charge is -2.27. The third-order valence-corrected chi connectivity index (χ3v) is 3.57. The van der Waals surface area contributed by atoms with Crippen LogP contribution in [-0.4, -0.2) is 17.1 Å². The first-order chi connectivity index (χ1) is 8.83. The van der Waals surface area contributed by atoms with Crippen molar-refractivity contribution in [3.8, 4) is 5.75 Å². The molecule has 18 heavy (non-hydrogen) atoms. The first-order valence-electron chi connectivity index (χ1n) is 6.59. The van der Waals surface area contributed by atoms with Crippen molar-refractivity contribution in [3.63, 3.8) is 0 Å². The fourth-order valence-corrected chi connectivity index (χ4v) is 2.65. The van der Waals surface area contributed by atoms with Crippen LogP contribution in [0.5, 0.6) is 5.75 Å². The van der Waals surface area contributed by atoms with E-state index in [0.717, 1.165) is 42.3 Å². The average Bonchev–Trinajstić information content (AvgIpc) is 2.39. The second-order valence-corrected chi connectivity index (χ2v) is 4.99. The summed E-state index contributed by atoms with van der Waals surface area (Å²) in [6, 6.07) is 10.3. The molecule has 1 fully saturated rings. The van der Waals surface area contributed by atoms with E-state index < -0.39 is 0 Å². The Morgan fingerprint density at radius 1 is 1.17 bits per heavy atom. The molecule has 94 valence electrons. The molecule has 2 N–H and O–H groups in total. The van der Waals surface area contributed by atoms with Crippen molar-refractivity contribution in [1.29, 1.82) is 0 Å². The average molecular weight is 242 g/mol. The Morgan fingerprint density at radius 3 is 3.00 bits per heavy atom. The Balaban J connectivity index is 1.86. The molecule has 1 aromatic carbocycles. The second kappa shape index (κ2) is 4.94. The molecule has 1 heterocycles. The van der Waals surface area contributed by atoms with Crippen LogP contribution in [0, 0.1) is 0 Å². The normalized spacial score (nSPS) is 24.1. The molecule has 1 aliphatic rings. The van der Waals surface area contributed by atoms with Gasteiger partial charge in [0.15, 0.2) is 0 Å². The maximum absolute atomic E-state index is 6.12. The molecule has 3 nitrogen and oxygen atoms in total. The Morgan fingerprint density at radius 2 is 2.11 bits per heavy atom. The number of ether oxygens (including phenoxy) is 1. The van der Waals surface area contributed by atoms with Crippen LogP contribution >= 0.6 is 0 Å². The largest absolute Gasteiger partial charge is 0.490 e. The van der Waals surface area contributed by atoms with Crippen LogP contribution in [0.25, 0.3) is 10.9 Å². The van der Waals surface area contributed by atoms with Crippen LogP contribution in [0.3, 0.4) is 0 Å². The number of fused-ring (bicyclic) bond motifs is 1. The molecule has 1 saturated carbocycles. The molecule has 1 aromatic heterocycles. The predicted molar refractivity (Wildman–Crippen MR) is 72.6 cm³/mol. The first kappa shape index (κ1) is 11.5. The van der Waals surface area contributed by atoms with Gasteiger partial charge in [-0.1, -0.05) is 6.07 Å². The van der Waals surface area contributed by atoms with Gasteiger partial charge in [-0.25, -0.2) is 0 Å². The van der Waals surface area contributed by atoms with Gasteiger partial charge in [0.2, 0.25) is 0 Å². The van der Waals surface area contributed by atoms with Crippen LogP contribution in [0.2, 0.25) is 0 Å². The highest BCUT2D eigenvalue weighted by Crippen LogP contribution is 2.28. The van der Waals surface area contributed by atoms with E-state index in [4.69, 9.17) is 10.5 Å². The molecule has 2 atom stereocenters. The Hall–Kier alpha value is -1.61. The van der Waals surface area contributed by atoms with Gasteiger partial charge in [-0.05, 0) is 49.9 Å². The van der Waals surface area contributed by atoms with Gasteiger partial charge in [0.1, 0.15) is 11.9 Å². The van der Waals surface area contributed by atoms with Crippen molar-refractivity contribution in [2.45, 2.75) is 37.8 Å². The van der Waals surface area contributed by atoms with E-state index in [1.54, 1.807) is 0 Å². The molecular formula is C15H18N2O. The predicted octanol–water partition coefficient (Wildman–Crippen LogP) is 2.88. The molecule has 3 rings (SSSR count). The number of pyridine rings is 1. The highest BCUT2D eigenvalue weighted by Gasteiger charge is 2.21. The fourth-order valence-electron chi connectivity index (χ4n) is 2.65. The molecular weight excluding hydrogens is 224 g/mol. The molecule has 0 aliphatic heterocycles. The van der Waals surface area contributed by atoms with Crippen molar-refractivity contribution >= 4 is 10.9 Å². The third-order valence-electron chi connectivity index (χ3n) is 3.57. The summed E-state index contributed by atoms with van der Waals surface area (Å²) in [5, 5.41) is 1.08. The maximum atomic E-state index is 6.12. The third kappa shape index (κ3) is 2.31. The van der Waals surface area contributed by atoms with E-state index in [1.807, 2.05) is 30.5 Å². The molecule has 3 heteroatoms. The summed E-state index contributed by atoms with van der Waals surface area (Å²) in [5.74, 6) is 0.930. The van der Waals surface area contributed by atoms with E-state index in [9.17, 15) is 0 Å². The van der Waals surface area contributed by atoms with Gasteiger partial charge in [-0.2, -0.15) is 0 Å². The summed E-state index contributed by atoms with van der Waals surface area (Å²) in [4.78, 5) is 4.35. The van der Waals surface area contributed by atoms with Gasteiger partial charge in [-0.3, -0.25) is 4.98 Å². The number of nitrogens with two attached hydrogens (primary N) is 1. The number of hydrogen-bond acceptors (Lipinski definition) is 3. The lowest BCUT2D eigenvalue weighted by molar-refractivity contribution is 0.146. The van der Waals surface area contributed by atoms with E-state index in [2.05, 4.69) is 11.1 Å². The maximum Gasteiger partial charge on any atom is 0.129 e. The molecule has 0 saturated heterocycles. The van der Waals surface area contributed by atoms with Crippen molar-refractivity contribution in [3.05, 3.63) is 36.5 Å². The van der Waals surface area contributed by atoms with Gasteiger partial charge >= 0.3 is 0 Å². The van der Waals surface area contributed by atoms with E-state index in [1.165, 1.54) is 0 Å². The Kier molecular flexibility index (Phi) is 3.15. The number of benzene rings is 1. The van der Waals surface area contributed by atoms with Crippen molar-refractivity contribution in [2.24, 2.45) is 5.73 Å². The molecule has 1 aliphatic carbocycles. The highest BCUT2D eigenvalue weighted by molar-refractivity contribution is 5.84. The van der Waals surface area contributed by atoms with Crippen LogP contribution in [0.15, 0.2) is 36.5 Å². The summed E-state index contributed by atoms with van der Waals surface area (Å²) in [6.45, 7) is 0. The van der Waals surface area contributed by atoms with Crippen molar-refractivity contribution < 1.29 is 4.74 Å². The lowest BCUT2D eigenvalue weighted by atomic mass is 9.93. The molecule has 2 unspecified atom stereocenters. The number of hydrogen-bond donors (Lipinski definition) is 1. The van der Waals surface area contributed by atoms with Crippen LogP contribution in [0.1, 0.15) is 25.7 Å². The SMILES string of the molecule is NC1CCCC(Oc2cccc3ncccc23)C1. The lowest BCUT2D eigenvalue weighted by Crippen LogP contribution is -2.33.